The monoisotopic (exact) mass is 523 g/mol. The molecule has 2 heterocycles. The van der Waals surface area contributed by atoms with E-state index in [1.807, 2.05) is 18.4 Å². The highest BCUT2D eigenvalue weighted by atomic mass is 127. The quantitative estimate of drug-likeness (QED) is 0.339. The fourth-order valence-corrected chi connectivity index (χ4v) is 3.30. The van der Waals surface area contributed by atoms with E-state index in [-0.39, 0.29) is 48.6 Å². The van der Waals surface area contributed by atoms with Gasteiger partial charge >= 0.3 is 6.09 Å². The van der Waals surface area contributed by atoms with Crippen LogP contribution in [0.1, 0.15) is 25.3 Å². The second-order valence-corrected chi connectivity index (χ2v) is 7.32. The van der Waals surface area contributed by atoms with Crippen molar-refractivity contribution in [3.63, 3.8) is 0 Å². The van der Waals surface area contributed by atoms with E-state index >= 15 is 0 Å². The minimum absolute atomic E-state index is 0. The third kappa shape index (κ3) is 8.21. The third-order valence-corrected chi connectivity index (χ3v) is 5.00. The highest BCUT2D eigenvalue weighted by molar-refractivity contribution is 14.0. The number of piperidine rings is 1. The molecule has 2 amide bonds. The van der Waals surface area contributed by atoms with Crippen molar-refractivity contribution in [2.45, 2.75) is 32.4 Å². The van der Waals surface area contributed by atoms with Crippen molar-refractivity contribution in [1.82, 2.24) is 20.4 Å². The minimum atomic E-state index is -0.253. The van der Waals surface area contributed by atoms with Gasteiger partial charge in [-0.05, 0) is 42.2 Å². The molecule has 0 spiro atoms. The third-order valence-electron chi connectivity index (χ3n) is 4.27. The number of thiophene rings is 1. The van der Waals surface area contributed by atoms with Gasteiger partial charge in [0.1, 0.15) is 0 Å². The Morgan fingerprint density at radius 2 is 2.07 bits per heavy atom. The molecule has 0 saturated carbocycles. The molecule has 1 aliphatic heterocycles. The SMILES string of the molecule is CCOC(=O)N1CCC(NC(=NCc2ccsc2)NCC(=O)N(C)C)CC1.I. The van der Waals surface area contributed by atoms with E-state index in [2.05, 4.69) is 21.0 Å². The van der Waals surface area contributed by atoms with Crippen LogP contribution in [0.5, 0.6) is 0 Å². The predicted octanol–water partition coefficient (Wildman–Crippen LogP) is 2.11. The molecule has 2 N–H and O–H groups in total. The van der Waals surface area contributed by atoms with Gasteiger partial charge < -0.3 is 25.2 Å². The molecule has 10 heteroatoms. The molecule has 8 nitrogen and oxygen atoms in total. The molecule has 1 aliphatic rings. The highest BCUT2D eigenvalue weighted by Crippen LogP contribution is 2.12. The number of likely N-dealkylation sites (tertiary alicyclic amines) is 1. The Labute approximate surface area is 187 Å². The number of nitrogens with one attached hydrogen (secondary N) is 2. The smallest absolute Gasteiger partial charge is 0.409 e. The molecule has 0 bridgehead atoms. The fourth-order valence-electron chi connectivity index (χ4n) is 2.64. The zero-order valence-corrected chi connectivity index (χ0v) is 19.8. The zero-order chi connectivity index (χ0) is 19.6. The van der Waals surface area contributed by atoms with Crippen LogP contribution in [-0.4, -0.2) is 74.1 Å². The summed E-state index contributed by atoms with van der Waals surface area (Å²) in [6, 6.07) is 2.23. The number of hydrogen-bond donors (Lipinski definition) is 2. The number of hydrogen-bond acceptors (Lipinski definition) is 5. The molecule has 1 fully saturated rings. The van der Waals surface area contributed by atoms with Gasteiger partial charge in [-0.15, -0.1) is 24.0 Å². The van der Waals surface area contributed by atoms with Crippen LogP contribution in [0.2, 0.25) is 0 Å². The van der Waals surface area contributed by atoms with Gasteiger partial charge in [0.25, 0.3) is 0 Å². The lowest BCUT2D eigenvalue weighted by molar-refractivity contribution is -0.127. The Kier molecular flexibility index (Phi) is 11.2. The number of halogens is 1. The first-order chi connectivity index (χ1) is 13.0. The Morgan fingerprint density at radius 1 is 1.36 bits per heavy atom. The van der Waals surface area contributed by atoms with Crippen molar-refractivity contribution in [3.8, 4) is 0 Å². The van der Waals surface area contributed by atoms with E-state index in [1.54, 1.807) is 35.2 Å². The lowest BCUT2D eigenvalue weighted by Gasteiger charge is -2.32. The fraction of sp³-hybridized carbons (Fsp3) is 0.611. The van der Waals surface area contributed by atoms with Crippen molar-refractivity contribution in [2.75, 3.05) is 40.3 Å². The van der Waals surface area contributed by atoms with Gasteiger partial charge in [0, 0.05) is 33.2 Å². The maximum atomic E-state index is 11.9. The molecule has 0 radical (unpaired) electrons. The first kappa shape index (κ1) is 24.5. The van der Waals surface area contributed by atoms with E-state index in [9.17, 15) is 9.59 Å². The van der Waals surface area contributed by atoms with Crippen molar-refractivity contribution in [1.29, 1.82) is 0 Å². The van der Waals surface area contributed by atoms with Gasteiger partial charge in [0.2, 0.25) is 5.91 Å². The summed E-state index contributed by atoms with van der Waals surface area (Å²) in [5, 5.41) is 10.6. The van der Waals surface area contributed by atoms with Crippen LogP contribution in [0.25, 0.3) is 0 Å². The van der Waals surface area contributed by atoms with E-state index < -0.39 is 0 Å². The Morgan fingerprint density at radius 3 is 2.64 bits per heavy atom. The second-order valence-electron chi connectivity index (χ2n) is 6.54. The molecule has 0 aliphatic carbocycles. The number of aliphatic imine (C=N–C) groups is 1. The summed E-state index contributed by atoms with van der Waals surface area (Å²) in [6.45, 7) is 4.22. The number of amides is 2. The van der Waals surface area contributed by atoms with Crippen LogP contribution in [0.4, 0.5) is 4.79 Å². The van der Waals surface area contributed by atoms with Gasteiger partial charge in [0.15, 0.2) is 5.96 Å². The molecule has 0 unspecified atom stereocenters. The summed E-state index contributed by atoms with van der Waals surface area (Å²) < 4.78 is 5.05. The Bertz CT molecular complexity index is 631. The number of carbonyl (C=O) groups is 2. The maximum absolute atomic E-state index is 11.9. The summed E-state index contributed by atoms with van der Waals surface area (Å²) in [6.07, 6.45) is 1.36. The van der Waals surface area contributed by atoms with E-state index in [1.165, 1.54) is 0 Å². The lowest BCUT2D eigenvalue weighted by Crippen LogP contribution is -2.51. The molecule has 1 aromatic rings. The van der Waals surface area contributed by atoms with Gasteiger partial charge in [-0.3, -0.25) is 4.79 Å². The average Bonchev–Trinajstić information content (AvgIpc) is 3.18. The van der Waals surface area contributed by atoms with Crippen LogP contribution in [0.15, 0.2) is 21.8 Å². The zero-order valence-electron chi connectivity index (χ0n) is 16.6. The number of carbonyl (C=O) groups excluding carboxylic acids is 2. The van der Waals surface area contributed by atoms with Crippen LogP contribution in [0.3, 0.4) is 0 Å². The lowest BCUT2D eigenvalue weighted by atomic mass is 10.1. The van der Waals surface area contributed by atoms with E-state index in [0.29, 0.717) is 32.2 Å². The summed E-state index contributed by atoms with van der Waals surface area (Å²) in [5.74, 6) is 0.600. The molecule has 2 rings (SSSR count). The molecular formula is C18H30IN5O3S. The Balaban J connectivity index is 0.00000392. The summed E-state index contributed by atoms with van der Waals surface area (Å²) in [4.78, 5) is 31.6. The van der Waals surface area contributed by atoms with Gasteiger partial charge in [-0.1, -0.05) is 0 Å². The van der Waals surface area contributed by atoms with Crippen LogP contribution in [-0.2, 0) is 16.1 Å². The summed E-state index contributed by atoms with van der Waals surface area (Å²) >= 11 is 1.64. The first-order valence-corrected chi connectivity index (χ1v) is 10.1. The van der Waals surface area contributed by atoms with Gasteiger partial charge in [0.05, 0.1) is 19.7 Å². The predicted molar refractivity (Wildman–Crippen MR) is 122 cm³/mol. The molecule has 0 aromatic carbocycles. The molecule has 0 atom stereocenters. The van der Waals surface area contributed by atoms with Crippen LogP contribution in [0, 0.1) is 0 Å². The standard InChI is InChI=1S/C18H29N5O3S.HI/c1-4-26-18(25)23-8-5-15(6-9-23)21-17(20-12-16(24)22(2)3)19-11-14-7-10-27-13-14;/h7,10,13,15H,4-6,8-9,11-12H2,1-3H3,(H2,19,20,21);1H. The van der Waals surface area contributed by atoms with Crippen molar-refractivity contribution < 1.29 is 14.3 Å². The highest BCUT2D eigenvalue weighted by Gasteiger charge is 2.24. The van der Waals surface area contributed by atoms with Gasteiger partial charge in [-0.2, -0.15) is 11.3 Å². The van der Waals surface area contributed by atoms with Crippen molar-refractivity contribution >= 4 is 53.3 Å². The summed E-state index contributed by atoms with van der Waals surface area (Å²) in [7, 11) is 3.45. The van der Waals surface area contributed by atoms with Gasteiger partial charge in [-0.25, -0.2) is 9.79 Å². The normalized spacial score (nSPS) is 14.8. The topological polar surface area (TPSA) is 86.3 Å². The second kappa shape index (κ2) is 12.8. The minimum Gasteiger partial charge on any atom is -0.450 e. The molecule has 158 valence electrons. The van der Waals surface area contributed by atoms with Crippen LogP contribution < -0.4 is 10.6 Å². The number of likely N-dealkylation sites (N-methyl/N-ethyl adjacent to an activating group) is 1. The molecule has 28 heavy (non-hydrogen) atoms. The number of nitrogens with zero attached hydrogens (tertiary/aromatic N) is 3. The largest absolute Gasteiger partial charge is 0.450 e. The molecule has 1 saturated heterocycles. The van der Waals surface area contributed by atoms with E-state index in [0.717, 1.165) is 18.4 Å². The van der Waals surface area contributed by atoms with E-state index in [4.69, 9.17) is 4.74 Å². The number of guanidine groups is 1. The summed E-state index contributed by atoms with van der Waals surface area (Å²) in [5.41, 5.74) is 1.14. The molecular weight excluding hydrogens is 493 g/mol. The van der Waals surface area contributed by atoms with Crippen molar-refractivity contribution in [3.05, 3.63) is 22.4 Å². The van der Waals surface area contributed by atoms with Crippen LogP contribution >= 0.6 is 35.3 Å². The average molecular weight is 523 g/mol. The van der Waals surface area contributed by atoms with Crippen molar-refractivity contribution in [2.24, 2.45) is 4.99 Å². The number of rotatable bonds is 6. The Hall–Kier alpha value is -1.56. The number of ether oxygens (including phenoxy) is 1. The first-order valence-electron chi connectivity index (χ1n) is 9.17. The molecule has 1 aromatic heterocycles. The maximum Gasteiger partial charge on any atom is 0.409 e.